The normalized spacial score (nSPS) is 11.0. The molecule has 0 bridgehead atoms. The highest BCUT2D eigenvalue weighted by Gasteiger charge is 2.06. The predicted octanol–water partition coefficient (Wildman–Crippen LogP) is 6.21. The van der Waals surface area contributed by atoms with Crippen LogP contribution in [0.5, 0.6) is 0 Å². The summed E-state index contributed by atoms with van der Waals surface area (Å²) in [5, 5.41) is 3.90. The molecule has 126 valence electrons. The van der Waals surface area contributed by atoms with Crippen LogP contribution in [0.1, 0.15) is 11.3 Å². The van der Waals surface area contributed by atoms with Gasteiger partial charge >= 0.3 is 0 Å². The number of carbonyl (C=O) groups is 1. The van der Waals surface area contributed by atoms with E-state index in [0.29, 0.717) is 21.6 Å². The SMILES string of the molecule is Cc1ccccc1NC(=O)/C=C/c1ccc(-c2cc(Cl)cc(Cl)c2)o1. The Morgan fingerprint density at radius 3 is 2.48 bits per heavy atom. The molecule has 0 saturated heterocycles. The molecule has 0 unspecified atom stereocenters. The molecule has 0 atom stereocenters. The lowest BCUT2D eigenvalue weighted by Gasteiger charge is -2.04. The smallest absolute Gasteiger partial charge is 0.248 e. The average molecular weight is 372 g/mol. The molecule has 1 N–H and O–H groups in total. The molecule has 0 aliphatic rings. The van der Waals surface area contributed by atoms with E-state index >= 15 is 0 Å². The number of para-hydroxylation sites is 1. The summed E-state index contributed by atoms with van der Waals surface area (Å²) in [6, 6.07) is 16.4. The number of carbonyl (C=O) groups excluding carboxylic acids is 1. The third kappa shape index (κ3) is 4.53. The Labute approximate surface area is 155 Å². The van der Waals surface area contributed by atoms with E-state index in [1.165, 1.54) is 6.08 Å². The van der Waals surface area contributed by atoms with Crippen molar-refractivity contribution in [3.05, 3.63) is 82.0 Å². The van der Waals surface area contributed by atoms with Crippen LogP contribution in [0, 0.1) is 6.92 Å². The van der Waals surface area contributed by atoms with E-state index in [4.69, 9.17) is 27.6 Å². The maximum atomic E-state index is 12.0. The molecule has 1 heterocycles. The number of rotatable bonds is 4. The number of amides is 1. The van der Waals surface area contributed by atoms with Crippen LogP contribution in [-0.4, -0.2) is 5.91 Å². The first kappa shape index (κ1) is 17.3. The van der Waals surface area contributed by atoms with Gasteiger partial charge in [-0.15, -0.1) is 0 Å². The molecule has 0 aliphatic carbocycles. The molecular weight excluding hydrogens is 357 g/mol. The van der Waals surface area contributed by atoms with Gasteiger partial charge in [0.05, 0.1) is 0 Å². The van der Waals surface area contributed by atoms with Gasteiger partial charge in [0.2, 0.25) is 5.91 Å². The van der Waals surface area contributed by atoms with Gasteiger partial charge in [-0.25, -0.2) is 0 Å². The molecule has 3 aromatic rings. The molecule has 0 spiro atoms. The van der Waals surface area contributed by atoms with Gasteiger partial charge < -0.3 is 9.73 Å². The fourth-order valence-corrected chi connectivity index (χ4v) is 2.87. The van der Waals surface area contributed by atoms with Crippen LogP contribution in [-0.2, 0) is 4.79 Å². The Morgan fingerprint density at radius 2 is 1.76 bits per heavy atom. The first-order chi connectivity index (χ1) is 12.0. The van der Waals surface area contributed by atoms with Crippen LogP contribution in [0.15, 0.2) is 65.1 Å². The van der Waals surface area contributed by atoms with E-state index in [1.54, 1.807) is 36.4 Å². The zero-order valence-corrected chi connectivity index (χ0v) is 14.9. The van der Waals surface area contributed by atoms with Gasteiger partial charge in [0.1, 0.15) is 11.5 Å². The van der Waals surface area contributed by atoms with Crippen molar-refractivity contribution in [2.24, 2.45) is 0 Å². The first-order valence-electron chi connectivity index (χ1n) is 7.62. The lowest BCUT2D eigenvalue weighted by molar-refractivity contribution is -0.111. The average Bonchev–Trinajstić information content (AvgIpc) is 3.03. The van der Waals surface area contributed by atoms with E-state index in [-0.39, 0.29) is 5.91 Å². The monoisotopic (exact) mass is 371 g/mol. The summed E-state index contributed by atoms with van der Waals surface area (Å²) in [5.41, 5.74) is 2.56. The second-order valence-corrected chi connectivity index (χ2v) is 6.37. The van der Waals surface area contributed by atoms with Gasteiger partial charge in [-0.05, 0) is 55.0 Å². The molecule has 25 heavy (non-hydrogen) atoms. The van der Waals surface area contributed by atoms with Crippen molar-refractivity contribution in [3.8, 4) is 11.3 Å². The van der Waals surface area contributed by atoms with Gasteiger partial charge in [0, 0.05) is 27.4 Å². The molecule has 2 aromatic carbocycles. The second-order valence-electron chi connectivity index (χ2n) is 5.50. The molecular formula is C20H15Cl2NO2. The van der Waals surface area contributed by atoms with Crippen LogP contribution in [0.2, 0.25) is 10.0 Å². The number of anilines is 1. The van der Waals surface area contributed by atoms with Gasteiger partial charge in [-0.1, -0.05) is 41.4 Å². The summed E-state index contributed by atoms with van der Waals surface area (Å²) in [5.74, 6) is 0.965. The van der Waals surface area contributed by atoms with E-state index in [1.807, 2.05) is 31.2 Å². The van der Waals surface area contributed by atoms with Crippen molar-refractivity contribution < 1.29 is 9.21 Å². The zero-order valence-electron chi connectivity index (χ0n) is 13.4. The van der Waals surface area contributed by atoms with Crippen molar-refractivity contribution in [1.29, 1.82) is 0 Å². The maximum Gasteiger partial charge on any atom is 0.248 e. The van der Waals surface area contributed by atoms with Crippen LogP contribution in [0.3, 0.4) is 0 Å². The second kappa shape index (κ2) is 7.60. The molecule has 3 nitrogen and oxygen atoms in total. The van der Waals surface area contributed by atoms with Gasteiger partial charge in [-0.2, -0.15) is 0 Å². The zero-order chi connectivity index (χ0) is 17.8. The van der Waals surface area contributed by atoms with E-state index in [2.05, 4.69) is 5.32 Å². The molecule has 0 aliphatic heterocycles. The molecule has 3 rings (SSSR count). The highest BCUT2D eigenvalue weighted by Crippen LogP contribution is 2.28. The number of furan rings is 1. The summed E-state index contributed by atoms with van der Waals surface area (Å²) in [7, 11) is 0. The lowest BCUT2D eigenvalue weighted by atomic mass is 10.2. The van der Waals surface area contributed by atoms with Crippen molar-refractivity contribution in [3.63, 3.8) is 0 Å². The Bertz CT molecular complexity index is 924. The summed E-state index contributed by atoms with van der Waals surface area (Å²) in [6.07, 6.45) is 3.04. The Balaban J connectivity index is 1.71. The number of benzene rings is 2. The fourth-order valence-electron chi connectivity index (χ4n) is 2.34. The summed E-state index contributed by atoms with van der Waals surface area (Å²) in [6.45, 7) is 1.94. The summed E-state index contributed by atoms with van der Waals surface area (Å²) >= 11 is 12.0. The molecule has 5 heteroatoms. The minimum atomic E-state index is -0.224. The van der Waals surface area contributed by atoms with Crippen molar-refractivity contribution in [2.45, 2.75) is 6.92 Å². The number of halogens is 2. The number of hydrogen-bond donors (Lipinski definition) is 1. The number of nitrogens with one attached hydrogen (secondary N) is 1. The highest BCUT2D eigenvalue weighted by atomic mass is 35.5. The van der Waals surface area contributed by atoms with Crippen molar-refractivity contribution in [2.75, 3.05) is 5.32 Å². The predicted molar refractivity (Wildman–Crippen MR) is 103 cm³/mol. The van der Waals surface area contributed by atoms with Crippen LogP contribution >= 0.6 is 23.2 Å². The molecule has 0 radical (unpaired) electrons. The van der Waals surface area contributed by atoms with Crippen LogP contribution in [0.25, 0.3) is 17.4 Å². The first-order valence-corrected chi connectivity index (χ1v) is 8.38. The van der Waals surface area contributed by atoms with Crippen LogP contribution < -0.4 is 5.32 Å². The third-order valence-corrected chi connectivity index (χ3v) is 4.01. The van der Waals surface area contributed by atoms with Crippen LogP contribution in [0.4, 0.5) is 5.69 Å². The molecule has 1 aromatic heterocycles. The summed E-state index contributed by atoms with van der Waals surface area (Å²) < 4.78 is 5.72. The molecule has 1 amide bonds. The van der Waals surface area contributed by atoms with Crippen molar-refractivity contribution >= 4 is 40.9 Å². The van der Waals surface area contributed by atoms with E-state index in [9.17, 15) is 4.79 Å². The Kier molecular flexibility index (Phi) is 5.27. The van der Waals surface area contributed by atoms with E-state index < -0.39 is 0 Å². The summed E-state index contributed by atoms with van der Waals surface area (Å²) in [4.78, 5) is 12.0. The Hall–Kier alpha value is -2.49. The number of aryl methyl sites for hydroxylation is 1. The third-order valence-electron chi connectivity index (χ3n) is 3.58. The van der Waals surface area contributed by atoms with E-state index in [0.717, 1.165) is 16.8 Å². The molecule has 0 saturated carbocycles. The standard InChI is InChI=1S/C20H15Cl2NO2/c1-13-4-2-3-5-18(13)23-20(24)9-7-17-6-8-19(25-17)14-10-15(21)12-16(22)11-14/h2-12H,1H3,(H,23,24)/b9-7+. The number of hydrogen-bond acceptors (Lipinski definition) is 2. The fraction of sp³-hybridized carbons (Fsp3) is 0.0500. The van der Waals surface area contributed by atoms with Crippen molar-refractivity contribution in [1.82, 2.24) is 0 Å². The minimum Gasteiger partial charge on any atom is -0.457 e. The maximum absolute atomic E-state index is 12.0. The largest absolute Gasteiger partial charge is 0.457 e. The van der Waals surface area contributed by atoms with Gasteiger partial charge in [0.15, 0.2) is 0 Å². The Morgan fingerprint density at radius 1 is 1.04 bits per heavy atom. The van der Waals surface area contributed by atoms with Gasteiger partial charge in [0.25, 0.3) is 0 Å². The quantitative estimate of drug-likeness (QED) is 0.553. The minimum absolute atomic E-state index is 0.224. The van der Waals surface area contributed by atoms with Gasteiger partial charge in [-0.3, -0.25) is 4.79 Å². The molecule has 0 fully saturated rings. The lowest BCUT2D eigenvalue weighted by Crippen LogP contribution is -2.08. The highest BCUT2D eigenvalue weighted by molar-refractivity contribution is 6.35. The topological polar surface area (TPSA) is 42.2 Å².